The van der Waals surface area contributed by atoms with Crippen molar-refractivity contribution in [2.24, 2.45) is 0 Å². The van der Waals surface area contributed by atoms with Crippen LogP contribution in [0.3, 0.4) is 0 Å². The molecule has 2 aromatic carbocycles. The number of carbonyl (C=O) groups excluding carboxylic acids is 1. The van der Waals surface area contributed by atoms with Crippen LogP contribution in [0.5, 0.6) is 5.75 Å². The summed E-state index contributed by atoms with van der Waals surface area (Å²) in [6, 6.07) is 11.8. The van der Waals surface area contributed by atoms with Crippen LogP contribution < -0.4 is 4.74 Å². The molecule has 2 aromatic rings. The maximum absolute atomic E-state index is 12.3. The molecule has 18 heavy (non-hydrogen) atoms. The molecule has 0 heterocycles. The predicted octanol–water partition coefficient (Wildman–Crippen LogP) is 4.23. The number of hydrogen-bond donors (Lipinski definition) is 0. The minimum atomic E-state index is -0.157. The van der Waals surface area contributed by atoms with Gasteiger partial charge in [0.25, 0.3) is 0 Å². The summed E-state index contributed by atoms with van der Waals surface area (Å²) in [5.41, 5.74) is 0.952. The summed E-state index contributed by atoms with van der Waals surface area (Å²) >= 11 is 11.9. The Bertz CT molecular complexity index is 594. The summed E-state index contributed by atoms with van der Waals surface area (Å²) in [6.07, 6.45) is 0. The fraction of sp³-hybridized carbons (Fsp3) is 0.0714. The molecule has 2 nitrogen and oxygen atoms in total. The van der Waals surface area contributed by atoms with Crippen molar-refractivity contribution in [1.29, 1.82) is 0 Å². The molecule has 0 saturated heterocycles. The monoisotopic (exact) mass is 280 g/mol. The van der Waals surface area contributed by atoms with Crippen molar-refractivity contribution in [3.63, 3.8) is 0 Å². The molecule has 0 unspecified atom stereocenters. The Kier molecular flexibility index (Phi) is 3.90. The van der Waals surface area contributed by atoms with Crippen molar-refractivity contribution in [3.8, 4) is 5.75 Å². The van der Waals surface area contributed by atoms with Gasteiger partial charge in [0, 0.05) is 11.1 Å². The molecule has 0 saturated carbocycles. The number of ketones is 1. The zero-order valence-corrected chi connectivity index (χ0v) is 11.1. The number of benzene rings is 2. The minimum Gasteiger partial charge on any atom is -0.495 e. The van der Waals surface area contributed by atoms with Crippen LogP contribution >= 0.6 is 23.2 Å². The first-order chi connectivity index (χ1) is 8.63. The molecule has 0 aliphatic rings. The van der Waals surface area contributed by atoms with Gasteiger partial charge >= 0.3 is 0 Å². The average molecular weight is 281 g/mol. The van der Waals surface area contributed by atoms with Gasteiger partial charge in [-0.25, -0.2) is 0 Å². The standard InChI is InChI=1S/C14H10Cl2O2/c1-18-13-8-9(6-7-12(13)16)14(17)10-4-2-3-5-11(10)15/h2-8H,1H3. The molecular weight excluding hydrogens is 271 g/mol. The van der Waals surface area contributed by atoms with Gasteiger partial charge in [-0.2, -0.15) is 0 Å². The van der Waals surface area contributed by atoms with Crippen molar-refractivity contribution in [2.45, 2.75) is 0 Å². The van der Waals surface area contributed by atoms with Crippen LogP contribution in [0.2, 0.25) is 10.0 Å². The molecule has 0 amide bonds. The molecule has 0 fully saturated rings. The second-order valence-corrected chi connectivity index (χ2v) is 4.47. The van der Waals surface area contributed by atoms with Crippen molar-refractivity contribution in [2.75, 3.05) is 7.11 Å². The van der Waals surface area contributed by atoms with Crippen molar-refractivity contribution in [1.82, 2.24) is 0 Å². The first-order valence-corrected chi connectivity index (χ1v) is 6.02. The molecule has 2 rings (SSSR count). The highest BCUT2D eigenvalue weighted by molar-refractivity contribution is 6.35. The van der Waals surface area contributed by atoms with E-state index in [4.69, 9.17) is 27.9 Å². The lowest BCUT2D eigenvalue weighted by Crippen LogP contribution is -2.02. The van der Waals surface area contributed by atoms with Crippen LogP contribution in [0.25, 0.3) is 0 Å². The SMILES string of the molecule is COc1cc(C(=O)c2ccccc2Cl)ccc1Cl. The van der Waals surface area contributed by atoms with Gasteiger partial charge in [0.1, 0.15) is 5.75 Å². The third-order valence-corrected chi connectivity index (χ3v) is 3.17. The lowest BCUT2D eigenvalue weighted by molar-refractivity contribution is 0.103. The van der Waals surface area contributed by atoms with Gasteiger partial charge in [-0.05, 0) is 30.3 Å². The van der Waals surface area contributed by atoms with E-state index in [0.29, 0.717) is 26.9 Å². The van der Waals surface area contributed by atoms with Gasteiger partial charge in [-0.1, -0.05) is 35.3 Å². The second kappa shape index (κ2) is 5.42. The highest BCUT2D eigenvalue weighted by Gasteiger charge is 2.14. The van der Waals surface area contributed by atoms with Crippen LogP contribution in [-0.2, 0) is 0 Å². The summed E-state index contributed by atoms with van der Waals surface area (Å²) in [6.45, 7) is 0. The molecule has 0 spiro atoms. The topological polar surface area (TPSA) is 26.3 Å². The third-order valence-electron chi connectivity index (χ3n) is 2.53. The van der Waals surface area contributed by atoms with Crippen LogP contribution in [0.1, 0.15) is 15.9 Å². The van der Waals surface area contributed by atoms with Gasteiger partial charge in [-0.3, -0.25) is 4.79 Å². The van der Waals surface area contributed by atoms with E-state index in [1.54, 1.807) is 42.5 Å². The predicted molar refractivity (Wildman–Crippen MR) is 72.9 cm³/mol. The minimum absolute atomic E-state index is 0.157. The van der Waals surface area contributed by atoms with Crippen LogP contribution in [0.4, 0.5) is 0 Å². The van der Waals surface area contributed by atoms with E-state index in [-0.39, 0.29) is 5.78 Å². The van der Waals surface area contributed by atoms with Crippen LogP contribution in [0, 0.1) is 0 Å². The van der Waals surface area contributed by atoms with Crippen LogP contribution in [-0.4, -0.2) is 12.9 Å². The Morgan fingerprint density at radius 3 is 2.44 bits per heavy atom. The zero-order valence-electron chi connectivity index (χ0n) is 9.61. The number of halogens is 2. The fourth-order valence-electron chi connectivity index (χ4n) is 1.60. The Balaban J connectivity index is 2.44. The van der Waals surface area contributed by atoms with Gasteiger partial charge < -0.3 is 4.74 Å². The first-order valence-electron chi connectivity index (χ1n) is 5.26. The quantitative estimate of drug-likeness (QED) is 0.787. The van der Waals surface area contributed by atoms with Crippen molar-refractivity contribution >= 4 is 29.0 Å². The molecule has 0 aromatic heterocycles. The maximum atomic E-state index is 12.3. The van der Waals surface area contributed by atoms with Gasteiger partial charge in [0.2, 0.25) is 0 Å². The van der Waals surface area contributed by atoms with E-state index in [9.17, 15) is 4.79 Å². The average Bonchev–Trinajstić information content (AvgIpc) is 2.39. The Labute approximate surface area is 115 Å². The molecular formula is C14H10Cl2O2. The Morgan fingerprint density at radius 2 is 1.78 bits per heavy atom. The molecule has 0 aliphatic carbocycles. The van der Waals surface area contributed by atoms with E-state index in [1.807, 2.05) is 0 Å². The molecule has 0 bridgehead atoms. The second-order valence-electron chi connectivity index (χ2n) is 3.66. The number of ether oxygens (including phenoxy) is 1. The fourth-order valence-corrected chi connectivity index (χ4v) is 2.02. The smallest absolute Gasteiger partial charge is 0.194 e. The highest BCUT2D eigenvalue weighted by Crippen LogP contribution is 2.27. The summed E-state index contributed by atoms with van der Waals surface area (Å²) in [7, 11) is 1.50. The summed E-state index contributed by atoms with van der Waals surface area (Å²) in [5.74, 6) is 0.310. The van der Waals surface area contributed by atoms with Crippen LogP contribution in [0.15, 0.2) is 42.5 Å². The van der Waals surface area contributed by atoms with E-state index in [1.165, 1.54) is 7.11 Å². The Morgan fingerprint density at radius 1 is 1.06 bits per heavy atom. The molecule has 0 N–H and O–H groups in total. The number of carbonyl (C=O) groups is 1. The lowest BCUT2D eigenvalue weighted by Gasteiger charge is -2.07. The summed E-state index contributed by atoms with van der Waals surface area (Å²) in [5, 5.41) is 0.893. The molecule has 92 valence electrons. The molecule has 0 atom stereocenters. The van der Waals surface area contributed by atoms with E-state index in [2.05, 4.69) is 0 Å². The first kappa shape index (κ1) is 12.9. The lowest BCUT2D eigenvalue weighted by atomic mass is 10.0. The number of hydrogen-bond acceptors (Lipinski definition) is 2. The molecule has 0 aliphatic heterocycles. The summed E-state index contributed by atoms with van der Waals surface area (Å²) < 4.78 is 5.08. The van der Waals surface area contributed by atoms with Gasteiger partial charge in [-0.15, -0.1) is 0 Å². The van der Waals surface area contributed by atoms with E-state index in [0.717, 1.165) is 0 Å². The highest BCUT2D eigenvalue weighted by atomic mass is 35.5. The molecule has 4 heteroatoms. The van der Waals surface area contributed by atoms with Gasteiger partial charge in [0.15, 0.2) is 5.78 Å². The van der Waals surface area contributed by atoms with Crippen molar-refractivity contribution in [3.05, 3.63) is 63.6 Å². The number of rotatable bonds is 3. The van der Waals surface area contributed by atoms with E-state index >= 15 is 0 Å². The zero-order chi connectivity index (χ0) is 13.1. The third kappa shape index (κ3) is 2.50. The normalized spacial score (nSPS) is 10.2. The number of methoxy groups -OCH3 is 1. The van der Waals surface area contributed by atoms with Gasteiger partial charge in [0.05, 0.1) is 17.2 Å². The maximum Gasteiger partial charge on any atom is 0.194 e. The molecule has 0 radical (unpaired) electrons. The van der Waals surface area contributed by atoms with E-state index < -0.39 is 0 Å². The summed E-state index contributed by atoms with van der Waals surface area (Å²) in [4.78, 5) is 12.3. The van der Waals surface area contributed by atoms with Crippen molar-refractivity contribution < 1.29 is 9.53 Å². The largest absolute Gasteiger partial charge is 0.495 e. The Hall–Kier alpha value is -1.51.